The van der Waals surface area contributed by atoms with Crippen LogP contribution in [0.4, 0.5) is 5.13 Å². The van der Waals surface area contributed by atoms with Crippen LogP contribution in [0.3, 0.4) is 0 Å². The topological polar surface area (TPSA) is 42.4 Å². The Bertz CT molecular complexity index is 428. The Labute approximate surface area is 112 Å². The van der Waals surface area contributed by atoms with Crippen molar-refractivity contribution in [3.63, 3.8) is 0 Å². The van der Waals surface area contributed by atoms with Crippen LogP contribution in [-0.4, -0.2) is 31.2 Å². The quantitative estimate of drug-likeness (QED) is 0.790. The smallest absolute Gasteiger partial charge is 0.311 e. The number of rotatable bonds is 3. The lowest BCUT2D eigenvalue weighted by atomic mass is 9.84. The number of aromatic nitrogens is 1. The number of carbonyl (C=O) groups excluding carboxylic acids is 1. The molecular weight excluding hydrogens is 248 g/mol. The van der Waals surface area contributed by atoms with Crippen molar-refractivity contribution in [1.82, 2.24) is 4.98 Å². The molecule has 1 aromatic rings. The summed E-state index contributed by atoms with van der Waals surface area (Å²) in [4.78, 5) is 18.1. The van der Waals surface area contributed by atoms with E-state index in [1.54, 1.807) is 11.3 Å². The summed E-state index contributed by atoms with van der Waals surface area (Å²) < 4.78 is 4.65. The minimum absolute atomic E-state index is 0.231. The average molecular weight is 268 g/mol. The van der Waals surface area contributed by atoms with Gasteiger partial charge >= 0.3 is 5.97 Å². The number of nitrogens with zero attached hydrogens (tertiary/aromatic N) is 2. The van der Waals surface area contributed by atoms with Crippen LogP contribution in [0.15, 0.2) is 5.38 Å². The molecule has 1 aromatic heterocycles. The molecule has 0 spiro atoms. The van der Waals surface area contributed by atoms with E-state index in [2.05, 4.69) is 28.5 Å². The van der Waals surface area contributed by atoms with Crippen molar-refractivity contribution in [2.45, 2.75) is 33.1 Å². The maximum atomic E-state index is 11.2. The number of methoxy groups -OCH3 is 1. The lowest BCUT2D eigenvalue weighted by Gasteiger charge is -2.37. The second-order valence-electron chi connectivity index (χ2n) is 5.56. The molecule has 0 unspecified atom stereocenters. The summed E-state index contributed by atoms with van der Waals surface area (Å²) in [5.41, 5.74) is 1.16. The van der Waals surface area contributed by atoms with Crippen LogP contribution in [0.5, 0.6) is 0 Å². The number of anilines is 1. The Morgan fingerprint density at radius 3 is 3.06 bits per heavy atom. The van der Waals surface area contributed by atoms with Crippen LogP contribution < -0.4 is 4.90 Å². The maximum Gasteiger partial charge on any atom is 0.311 e. The third-order valence-corrected chi connectivity index (χ3v) is 4.21. The van der Waals surface area contributed by atoms with Gasteiger partial charge in [-0.1, -0.05) is 13.8 Å². The number of esters is 1. The molecule has 0 bridgehead atoms. The van der Waals surface area contributed by atoms with E-state index in [0.29, 0.717) is 5.41 Å². The van der Waals surface area contributed by atoms with Gasteiger partial charge in [0.1, 0.15) is 0 Å². The predicted molar refractivity (Wildman–Crippen MR) is 73.1 cm³/mol. The van der Waals surface area contributed by atoms with Gasteiger partial charge in [-0.05, 0) is 18.3 Å². The first-order chi connectivity index (χ1) is 8.50. The van der Waals surface area contributed by atoms with Gasteiger partial charge in [-0.3, -0.25) is 4.79 Å². The van der Waals surface area contributed by atoms with Crippen molar-refractivity contribution in [2.24, 2.45) is 5.41 Å². The highest BCUT2D eigenvalue weighted by Gasteiger charge is 2.27. The minimum Gasteiger partial charge on any atom is -0.469 e. The molecular formula is C13H20N2O2S. The number of piperidine rings is 1. The van der Waals surface area contributed by atoms with E-state index in [0.717, 1.165) is 23.9 Å². The Balaban J connectivity index is 2.03. The molecule has 0 atom stereocenters. The Hall–Kier alpha value is -1.10. The summed E-state index contributed by atoms with van der Waals surface area (Å²) >= 11 is 1.62. The average Bonchev–Trinajstić information content (AvgIpc) is 2.76. The monoisotopic (exact) mass is 268 g/mol. The highest BCUT2D eigenvalue weighted by atomic mass is 32.1. The minimum atomic E-state index is -0.231. The van der Waals surface area contributed by atoms with Gasteiger partial charge in [-0.15, -0.1) is 11.3 Å². The molecule has 100 valence electrons. The fourth-order valence-corrected chi connectivity index (χ4v) is 3.18. The number of hydrogen-bond donors (Lipinski definition) is 0. The van der Waals surface area contributed by atoms with Crippen molar-refractivity contribution in [3.8, 4) is 0 Å². The van der Waals surface area contributed by atoms with E-state index in [9.17, 15) is 4.79 Å². The summed E-state index contributed by atoms with van der Waals surface area (Å²) in [5, 5.41) is 2.98. The van der Waals surface area contributed by atoms with Crippen molar-refractivity contribution in [1.29, 1.82) is 0 Å². The summed E-state index contributed by atoms with van der Waals surface area (Å²) in [5.74, 6) is -0.231. The van der Waals surface area contributed by atoms with Crippen LogP contribution in [0.1, 0.15) is 32.4 Å². The third-order valence-electron chi connectivity index (χ3n) is 3.26. The maximum absolute atomic E-state index is 11.2. The molecule has 1 saturated heterocycles. The standard InChI is InChI=1S/C13H20N2O2S/c1-13(2)5-4-6-15(9-13)12-14-10(8-18-12)7-11(16)17-3/h8H,4-7,9H2,1-3H3. The Morgan fingerprint density at radius 1 is 1.61 bits per heavy atom. The van der Waals surface area contributed by atoms with E-state index < -0.39 is 0 Å². The Morgan fingerprint density at radius 2 is 2.39 bits per heavy atom. The molecule has 0 saturated carbocycles. The summed E-state index contributed by atoms with van der Waals surface area (Å²) in [7, 11) is 1.41. The normalized spacial score (nSPS) is 18.7. The van der Waals surface area contributed by atoms with Gasteiger partial charge in [0.05, 0.1) is 19.2 Å². The molecule has 0 radical (unpaired) electrons. The van der Waals surface area contributed by atoms with E-state index in [1.807, 2.05) is 5.38 Å². The van der Waals surface area contributed by atoms with Gasteiger partial charge in [-0.2, -0.15) is 0 Å². The Kier molecular flexibility index (Phi) is 3.90. The third kappa shape index (κ3) is 3.22. The van der Waals surface area contributed by atoms with Crippen molar-refractivity contribution in [2.75, 3.05) is 25.1 Å². The zero-order chi connectivity index (χ0) is 13.2. The van der Waals surface area contributed by atoms with E-state index >= 15 is 0 Å². The van der Waals surface area contributed by atoms with Crippen LogP contribution in [0.2, 0.25) is 0 Å². The van der Waals surface area contributed by atoms with Gasteiger partial charge in [0.2, 0.25) is 0 Å². The first-order valence-electron chi connectivity index (χ1n) is 6.26. The van der Waals surface area contributed by atoms with Crippen LogP contribution in [0.25, 0.3) is 0 Å². The largest absolute Gasteiger partial charge is 0.469 e. The van der Waals surface area contributed by atoms with Gasteiger partial charge < -0.3 is 9.64 Å². The zero-order valence-electron chi connectivity index (χ0n) is 11.2. The molecule has 0 aliphatic carbocycles. The zero-order valence-corrected chi connectivity index (χ0v) is 12.0. The molecule has 1 aliphatic rings. The van der Waals surface area contributed by atoms with Gasteiger partial charge in [0, 0.05) is 18.5 Å². The van der Waals surface area contributed by atoms with Gasteiger partial charge in [0.15, 0.2) is 5.13 Å². The molecule has 0 aromatic carbocycles. The van der Waals surface area contributed by atoms with Crippen molar-refractivity contribution >= 4 is 22.4 Å². The van der Waals surface area contributed by atoms with Crippen molar-refractivity contribution in [3.05, 3.63) is 11.1 Å². The highest BCUT2D eigenvalue weighted by Crippen LogP contribution is 2.32. The summed E-state index contributed by atoms with van der Waals surface area (Å²) in [6, 6.07) is 0. The lowest BCUT2D eigenvalue weighted by molar-refractivity contribution is -0.139. The predicted octanol–water partition coefficient (Wildman–Crippen LogP) is 2.49. The molecule has 2 heterocycles. The van der Waals surface area contributed by atoms with Crippen LogP contribution in [-0.2, 0) is 16.0 Å². The van der Waals surface area contributed by atoms with Crippen LogP contribution in [0, 0.1) is 5.41 Å². The van der Waals surface area contributed by atoms with Gasteiger partial charge in [-0.25, -0.2) is 4.98 Å². The molecule has 18 heavy (non-hydrogen) atoms. The van der Waals surface area contributed by atoms with Gasteiger partial charge in [0.25, 0.3) is 0 Å². The first kappa shape index (κ1) is 13.3. The second-order valence-corrected chi connectivity index (χ2v) is 6.40. The second kappa shape index (κ2) is 5.26. The molecule has 4 nitrogen and oxygen atoms in total. The SMILES string of the molecule is COC(=O)Cc1csc(N2CCCC(C)(C)C2)n1. The van der Waals surface area contributed by atoms with Crippen molar-refractivity contribution < 1.29 is 9.53 Å². The molecule has 5 heteroatoms. The number of ether oxygens (including phenoxy) is 1. The molecule has 0 N–H and O–H groups in total. The van der Waals surface area contributed by atoms with Crippen LogP contribution >= 0.6 is 11.3 Å². The highest BCUT2D eigenvalue weighted by molar-refractivity contribution is 7.13. The van der Waals surface area contributed by atoms with E-state index in [-0.39, 0.29) is 12.4 Å². The van der Waals surface area contributed by atoms with E-state index in [1.165, 1.54) is 20.0 Å². The fourth-order valence-electron chi connectivity index (χ4n) is 2.33. The molecule has 0 amide bonds. The molecule has 2 rings (SSSR count). The summed E-state index contributed by atoms with van der Waals surface area (Å²) in [6.07, 6.45) is 2.74. The fraction of sp³-hybridized carbons (Fsp3) is 0.692. The first-order valence-corrected chi connectivity index (χ1v) is 7.14. The number of hydrogen-bond acceptors (Lipinski definition) is 5. The number of carbonyl (C=O) groups is 1. The molecule has 1 fully saturated rings. The lowest BCUT2D eigenvalue weighted by Crippen LogP contribution is -2.40. The summed E-state index contributed by atoms with van der Waals surface area (Å²) in [6.45, 7) is 6.69. The molecule has 1 aliphatic heterocycles. The van der Waals surface area contributed by atoms with E-state index in [4.69, 9.17) is 0 Å². The number of thiazole rings is 1.